The van der Waals surface area contributed by atoms with Crippen LogP contribution >= 0.6 is 15.9 Å². The summed E-state index contributed by atoms with van der Waals surface area (Å²) in [6.07, 6.45) is 0. The van der Waals surface area contributed by atoms with Gasteiger partial charge in [-0.2, -0.15) is 0 Å². The largest absolute Gasteiger partial charge is 0.497 e. The first kappa shape index (κ1) is 18.9. The van der Waals surface area contributed by atoms with Crippen LogP contribution in [0.15, 0.2) is 51.1 Å². The van der Waals surface area contributed by atoms with Crippen LogP contribution in [0.4, 0.5) is 5.69 Å². The second-order valence-electron chi connectivity index (χ2n) is 5.91. The van der Waals surface area contributed by atoms with E-state index < -0.39 is 5.91 Å². The lowest BCUT2D eigenvalue weighted by Gasteiger charge is -2.04. The molecule has 0 aliphatic carbocycles. The number of methoxy groups -OCH3 is 1. The molecule has 0 aliphatic rings. The molecule has 0 radical (unpaired) electrons. The first-order valence-corrected chi connectivity index (χ1v) is 8.89. The van der Waals surface area contributed by atoms with E-state index >= 15 is 0 Å². The highest BCUT2D eigenvalue weighted by atomic mass is 79.9. The number of hydrogen-bond acceptors (Lipinski definition) is 5. The monoisotopic (exact) mass is 431 g/mol. The number of aromatic hydroxyl groups is 1. The van der Waals surface area contributed by atoms with E-state index in [1.807, 2.05) is 19.1 Å². The topological polar surface area (TPSA) is 85.4 Å². The summed E-state index contributed by atoms with van der Waals surface area (Å²) in [5, 5.41) is 18.7. The molecule has 27 heavy (non-hydrogen) atoms. The third kappa shape index (κ3) is 3.95. The predicted octanol–water partition coefficient (Wildman–Crippen LogP) is 4.65. The standard InChI is InChI=1S/C19H18BrN3O4/c1-11-8-12(20)9-15-17(19(25)23(2)18(11)15)22-21-16(24)10-27-14-6-4-13(26-3)5-7-14/h4-9,25H,10H2,1-3H3. The Morgan fingerprint density at radius 1 is 1.22 bits per heavy atom. The average molecular weight is 432 g/mol. The molecule has 0 saturated heterocycles. The zero-order valence-corrected chi connectivity index (χ0v) is 16.6. The summed E-state index contributed by atoms with van der Waals surface area (Å²) in [5.74, 6) is 0.598. The van der Waals surface area contributed by atoms with Crippen molar-refractivity contribution in [3.05, 3.63) is 46.4 Å². The highest BCUT2D eigenvalue weighted by molar-refractivity contribution is 9.10. The predicted molar refractivity (Wildman–Crippen MR) is 105 cm³/mol. The fraction of sp³-hybridized carbons (Fsp3) is 0.211. The number of carbonyl (C=O) groups is 1. The lowest BCUT2D eigenvalue weighted by atomic mass is 10.1. The third-order valence-electron chi connectivity index (χ3n) is 4.07. The lowest BCUT2D eigenvalue weighted by molar-refractivity contribution is -0.120. The minimum atomic E-state index is -0.561. The van der Waals surface area contributed by atoms with Gasteiger partial charge in [-0.05, 0) is 48.9 Å². The first-order valence-electron chi connectivity index (χ1n) is 8.09. The van der Waals surface area contributed by atoms with Crippen molar-refractivity contribution in [2.24, 2.45) is 17.3 Å². The van der Waals surface area contributed by atoms with Crippen LogP contribution in [-0.2, 0) is 11.8 Å². The van der Waals surface area contributed by atoms with Crippen LogP contribution in [0.2, 0.25) is 0 Å². The van der Waals surface area contributed by atoms with Crippen LogP contribution < -0.4 is 9.47 Å². The molecule has 0 aliphatic heterocycles. The maximum atomic E-state index is 12.0. The molecule has 3 rings (SSSR count). The van der Waals surface area contributed by atoms with Crippen LogP contribution in [0.25, 0.3) is 10.9 Å². The van der Waals surface area contributed by atoms with Gasteiger partial charge in [-0.1, -0.05) is 15.9 Å². The highest BCUT2D eigenvalue weighted by Gasteiger charge is 2.17. The number of azo groups is 1. The van der Waals surface area contributed by atoms with E-state index in [0.29, 0.717) is 16.9 Å². The summed E-state index contributed by atoms with van der Waals surface area (Å²) < 4.78 is 12.9. The van der Waals surface area contributed by atoms with Gasteiger partial charge >= 0.3 is 5.91 Å². The van der Waals surface area contributed by atoms with Crippen LogP contribution in [0.3, 0.4) is 0 Å². The van der Waals surface area contributed by atoms with Gasteiger partial charge in [-0.15, -0.1) is 10.2 Å². The van der Waals surface area contributed by atoms with Crippen molar-refractivity contribution in [2.45, 2.75) is 6.92 Å². The Hall–Kier alpha value is -2.87. The molecule has 8 heteroatoms. The van der Waals surface area contributed by atoms with Crippen LogP contribution in [0, 0.1) is 6.92 Å². The molecule has 0 saturated carbocycles. The molecule has 0 spiro atoms. The third-order valence-corrected chi connectivity index (χ3v) is 4.53. The molecular formula is C19H18BrN3O4. The van der Waals surface area contributed by atoms with Crippen molar-refractivity contribution < 1.29 is 19.4 Å². The Labute approximate surface area is 164 Å². The van der Waals surface area contributed by atoms with E-state index in [0.717, 1.165) is 15.6 Å². The molecule has 140 valence electrons. The van der Waals surface area contributed by atoms with E-state index in [1.165, 1.54) is 0 Å². The van der Waals surface area contributed by atoms with Crippen LogP contribution in [0.1, 0.15) is 5.56 Å². The molecule has 0 bridgehead atoms. The van der Waals surface area contributed by atoms with Gasteiger partial charge < -0.3 is 19.1 Å². The number of hydrogen-bond donors (Lipinski definition) is 1. The molecule has 1 N–H and O–H groups in total. The van der Waals surface area contributed by atoms with Gasteiger partial charge in [0.2, 0.25) is 5.88 Å². The van der Waals surface area contributed by atoms with Gasteiger partial charge in [0.15, 0.2) is 12.3 Å². The van der Waals surface area contributed by atoms with Crippen LogP contribution in [0.5, 0.6) is 17.4 Å². The number of halogens is 1. The zero-order valence-electron chi connectivity index (χ0n) is 15.1. The van der Waals surface area contributed by atoms with Crippen molar-refractivity contribution >= 4 is 38.4 Å². The number of ether oxygens (including phenoxy) is 2. The minimum Gasteiger partial charge on any atom is -0.497 e. The minimum absolute atomic E-state index is 0.0566. The highest BCUT2D eigenvalue weighted by Crippen LogP contribution is 2.40. The number of aryl methyl sites for hydroxylation is 2. The van der Waals surface area contributed by atoms with Crippen molar-refractivity contribution in [3.63, 3.8) is 0 Å². The summed E-state index contributed by atoms with van der Waals surface area (Å²) in [4.78, 5) is 12.0. The molecule has 1 aromatic heterocycles. The first-order chi connectivity index (χ1) is 12.9. The van der Waals surface area contributed by atoms with E-state index in [9.17, 15) is 9.90 Å². The number of carbonyl (C=O) groups excluding carboxylic acids is 1. The van der Waals surface area contributed by atoms with E-state index in [-0.39, 0.29) is 18.2 Å². The average Bonchev–Trinajstić information content (AvgIpc) is 2.89. The normalized spacial score (nSPS) is 11.3. The summed E-state index contributed by atoms with van der Waals surface area (Å²) in [6.45, 7) is 1.67. The SMILES string of the molecule is COc1ccc(OCC(=O)N=Nc2c(O)n(C)c3c(C)cc(Br)cc23)cc1. The maximum absolute atomic E-state index is 12.0. The van der Waals surface area contributed by atoms with Crippen LogP contribution in [-0.4, -0.2) is 29.3 Å². The summed E-state index contributed by atoms with van der Waals surface area (Å²) >= 11 is 3.43. The zero-order chi connectivity index (χ0) is 19.6. The van der Waals surface area contributed by atoms with Crippen molar-refractivity contribution in [3.8, 4) is 17.4 Å². The Morgan fingerprint density at radius 3 is 2.56 bits per heavy atom. The smallest absolute Gasteiger partial charge is 0.302 e. The molecule has 3 aromatic rings. The molecule has 1 heterocycles. The fourth-order valence-corrected chi connectivity index (χ4v) is 3.37. The number of amides is 1. The molecule has 0 atom stereocenters. The second-order valence-corrected chi connectivity index (χ2v) is 6.82. The number of aromatic nitrogens is 1. The van der Waals surface area contributed by atoms with Gasteiger partial charge in [0.05, 0.1) is 12.6 Å². The lowest BCUT2D eigenvalue weighted by Crippen LogP contribution is -2.07. The van der Waals surface area contributed by atoms with Crippen molar-refractivity contribution in [1.29, 1.82) is 0 Å². The number of rotatable bonds is 5. The Bertz CT molecular complexity index is 1030. The molecule has 0 unspecified atom stereocenters. The van der Waals surface area contributed by atoms with E-state index in [2.05, 4.69) is 26.2 Å². The van der Waals surface area contributed by atoms with Crippen molar-refractivity contribution in [2.75, 3.05) is 13.7 Å². The fourth-order valence-electron chi connectivity index (χ4n) is 2.80. The van der Waals surface area contributed by atoms with Gasteiger partial charge in [0, 0.05) is 16.9 Å². The quantitative estimate of drug-likeness (QED) is 0.595. The second kappa shape index (κ2) is 7.79. The van der Waals surface area contributed by atoms with E-state index in [4.69, 9.17) is 9.47 Å². The number of benzene rings is 2. The van der Waals surface area contributed by atoms with Crippen molar-refractivity contribution in [1.82, 2.24) is 4.57 Å². The summed E-state index contributed by atoms with van der Waals surface area (Å²) in [5.41, 5.74) is 2.04. The number of nitrogens with zero attached hydrogens (tertiary/aromatic N) is 3. The van der Waals surface area contributed by atoms with Gasteiger partial charge in [-0.25, -0.2) is 0 Å². The van der Waals surface area contributed by atoms with Gasteiger partial charge in [0.25, 0.3) is 0 Å². The Morgan fingerprint density at radius 2 is 1.89 bits per heavy atom. The summed E-state index contributed by atoms with van der Waals surface area (Å²) in [6, 6.07) is 10.6. The molecule has 1 amide bonds. The Kier molecular flexibility index (Phi) is 5.46. The van der Waals surface area contributed by atoms with Gasteiger partial charge in [-0.3, -0.25) is 4.79 Å². The van der Waals surface area contributed by atoms with Gasteiger partial charge in [0.1, 0.15) is 11.5 Å². The maximum Gasteiger partial charge on any atom is 0.302 e. The molecule has 0 fully saturated rings. The molecule has 7 nitrogen and oxygen atoms in total. The molecular weight excluding hydrogens is 414 g/mol. The van der Waals surface area contributed by atoms with E-state index in [1.54, 1.807) is 43.0 Å². The Balaban J connectivity index is 1.77. The molecule has 2 aromatic carbocycles. The number of fused-ring (bicyclic) bond motifs is 1. The summed E-state index contributed by atoms with van der Waals surface area (Å²) in [7, 11) is 3.30.